The zero-order chi connectivity index (χ0) is 17.3. The number of hydrogen-bond acceptors (Lipinski definition) is 3. The second kappa shape index (κ2) is 5.28. The molecule has 24 heavy (non-hydrogen) atoms. The van der Waals surface area contributed by atoms with Gasteiger partial charge in [0, 0.05) is 6.42 Å². The van der Waals surface area contributed by atoms with Gasteiger partial charge < -0.3 is 10.2 Å². The number of hydrogen-bond donors (Lipinski definition) is 2. The maximum absolute atomic E-state index is 12.6. The Labute approximate surface area is 144 Å². The Morgan fingerprint density at radius 1 is 1.12 bits per heavy atom. The quantitative estimate of drug-likeness (QED) is 0.529. The molecule has 3 nitrogen and oxygen atoms in total. The molecule has 0 aliphatic heterocycles. The molecule has 4 aliphatic rings. The van der Waals surface area contributed by atoms with E-state index in [1.54, 1.807) is 0 Å². The monoisotopic (exact) mass is 330 g/mol. The van der Waals surface area contributed by atoms with Gasteiger partial charge in [0.1, 0.15) is 6.10 Å². The van der Waals surface area contributed by atoms with E-state index < -0.39 is 12.2 Å². The molecule has 0 bridgehead atoms. The van der Waals surface area contributed by atoms with Crippen LogP contribution in [0, 0.1) is 28.6 Å². The molecule has 0 radical (unpaired) electrons. The van der Waals surface area contributed by atoms with Crippen LogP contribution in [-0.4, -0.2) is 28.2 Å². The summed E-state index contributed by atoms with van der Waals surface area (Å²) in [7, 11) is 0. The van der Waals surface area contributed by atoms with Crippen molar-refractivity contribution in [2.75, 3.05) is 0 Å². The molecule has 0 aromatic rings. The van der Waals surface area contributed by atoms with E-state index in [2.05, 4.69) is 26.0 Å². The fraction of sp³-hybridized carbons (Fsp3) is 0.762. The Morgan fingerprint density at radius 3 is 2.54 bits per heavy atom. The van der Waals surface area contributed by atoms with Gasteiger partial charge in [-0.25, -0.2) is 0 Å². The van der Waals surface area contributed by atoms with Crippen LogP contribution in [0.4, 0.5) is 0 Å². The second-order valence-corrected chi connectivity index (χ2v) is 9.03. The first kappa shape index (κ1) is 16.5. The Kier molecular flexibility index (Phi) is 3.64. The second-order valence-electron chi connectivity index (χ2n) is 9.03. The van der Waals surface area contributed by atoms with Crippen molar-refractivity contribution in [3.05, 3.63) is 23.3 Å². The van der Waals surface area contributed by atoms with Gasteiger partial charge in [-0.2, -0.15) is 0 Å². The van der Waals surface area contributed by atoms with Crippen molar-refractivity contribution in [3.8, 4) is 0 Å². The molecule has 3 fully saturated rings. The minimum Gasteiger partial charge on any atom is -0.390 e. The van der Waals surface area contributed by atoms with Gasteiger partial charge in [-0.3, -0.25) is 4.79 Å². The van der Waals surface area contributed by atoms with Crippen LogP contribution in [0.3, 0.4) is 0 Å². The predicted molar refractivity (Wildman–Crippen MR) is 93.2 cm³/mol. The van der Waals surface area contributed by atoms with Crippen molar-refractivity contribution in [2.24, 2.45) is 28.6 Å². The van der Waals surface area contributed by atoms with Crippen LogP contribution in [0.2, 0.25) is 0 Å². The third-order valence-electron chi connectivity index (χ3n) is 8.17. The highest BCUT2D eigenvalue weighted by molar-refractivity contribution is 5.99. The van der Waals surface area contributed by atoms with E-state index in [1.165, 1.54) is 0 Å². The molecule has 132 valence electrons. The molecule has 0 unspecified atom stereocenters. The van der Waals surface area contributed by atoms with Gasteiger partial charge in [-0.1, -0.05) is 26.0 Å². The Hall–Kier alpha value is -0.930. The molecule has 0 aromatic carbocycles. The maximum Gasteiger partial charge on any atom is 0.159 e. The van der Waals surface area contributed by atoms with Gasteiger partial charge in [0.2, 0.25) is 0 Å². The predicted octanol–water partition coefficient (Wildman–Crippen LogP) is 3.41. The Balaban J connectivity index is 1.73. The third kappa shape index (κ3) is 1.94. The minimum absolute atomic E-state index is 0.00930. The van der Waals surface area contributed by atoms with Crippen LogP contribution in [-0.2, 0) is 4.79 Å². The summed E-state index contributed by atoms with van der Waals surface area (Å²) in [5, 5.41) is 20.6. The van der Waals surface area contributed by atoms with Gasteiger partial charge in [0.05, 0.1) is 6.10 Å². The number of ketones is 1. The molecule has 2 N–H and O–H groups in total. The molecule has 7 atom stereocenters. The fourth-order valence-electron chi connectivity index (χ4n) is 6.87. The molecule has 3 saturated carbocycles. The third-order valence-corrected chi connectivity index (χ3v) is 8.17. The molecule has 0 amide bonds. The topological polar surface area (TPSA) is 57.5 Å². The number of rotatable bonds is 0. The van der Waals surface area contributed by atoms with E-state index in [0.29, 0.717) is 36.4 Å². The average molecular weight is 330 g/mol. The smallest absolute Gasteiger partial charge is 0.159 e. The highest BCUT2D eigenvalue weighted by Crippen LogP contribution is 2.65. The van der Waals surface area contributed by atoms with E-state index in [-0.39, 0.29) is 10.8 Å². The first-order valence-electron chi connectivity index (χ1n) is 9.59. The van der Waals surface area contributed by atoms with Crippen LogP contribution in [0.5, 0.6) is 0 Å². The van der Waals surface area contributed by atoms with Crippen molar-refractivity contribution in [2.45, 2.75) is 71.5 Å². The van der Waals surface area contributed by atoms with Crippen molar-refractivity contribution >= 4 is 5.78 Å². The van der Waals surface area contributed by atoms with Gasteiger partial charge in [0.15, 0.2) is 5.78 Å². The van der Waals surface area contributed by atoms with E-state index in [9.17, 15) is 15.0 Å². The standard InChI is InChI=1S/C21H30O3/c1-4-13-18(23)11-16-12-5-6-15-19(24)17(22)8-10-21(15,3)14(12)7-9-20(13,16)2/h4,6,12,14,16-17,19,22,24H,5,7-11H2,1-3H3/b13-4-/t12-,14+,16+,17+,19-,20-,21-/m1/s1. The van der Waals surface area contributed by atoms with Crippen LogP contribution < -0.4 is 0 Å². The highest BCUT2D eigenvalue weighted by atomic mass is 16.3. The zero-order valence-electron chi connectivity index (χ0n) is 15.1. The number of carbonyl (C=O) groups excluding carboxylic acids is 1. The summed E-state index contributed by atoms with van der Waals surface area (Å²) in [5.41, 5.74) is 2.17. The van der Waals surface area contributed by atoms with Gasteiger partial charge in [0.25, 0.3) is 0 Å². The summed E-state index contributed by atoms with van der Waals surface area (Å²) in [6.45, 7) is 6.60. The summed E-state index contributed by atoms with van der Waals surface area (Å²) >= 11 is 0. The van der Waals surface area contributed by atoms with Gasteiger partial charge in [-0.15, -0.1) is 0 Å². The normalized spacial score (nSPS) is 52.5. The lowest BCUT2D eigenvalue weighted by Gasteiger charge is -2.57. The first-order valence-corrected chi connectivity index (χ1v) is 9.59. The van der Waals surface area contributed by atoms with Crippen molar-refractivity contribution in [1.29, 1.82) is 0 Å². The Bertz CT molecular complexity index is 633. The van der Waals surface area contributed by atoms with E-state index in [4.69, 9.17) is 0 Å². The molecule has 3 heteroatoms. The maximum atomic E-state index is 12.6. The SMILES string of the molecule is C/C=C1/C(=O)C[C@H]2[C@@H]3CC=C4[C@@H](O)[C@@H](O)CC[C@]4(C)[C@H]3CC[C@]12C. The molecule has 4 rings (SSSR count). The number of aliphatic hydroxyl groups excluding tert-OH is 2. The van der Waals surface area contributed by atoms with Crippen LogP contribution in [0.1, 0.15) is 59.3 Å². The van der Waals surface area contributed by atoms with Gasteiger partial charge in [-0.05, 0) is 78.8 Å². The van der Waals surface area contributed by atoms with Crippen LogP contribution in [0.15, 0.2) is 23.3 Å². The van der Waals surface area contributed by atoms with E-state index in [0.717, 1.165) is 36.8 Å². The molecule has 0 saturated heterocycles. The van der Waals surface area contributed by atoms with Crippen molar-refractivity contribution in [3.63, 3.8) is 0 Å². The molecule has 4 aliphatic carbocycles. The summed E-state index contributed by atoms with van der Waals surface area (Å²) < 4.78 is 0. The molecule has 0 heterocycles. The first-order chi connectivity index (χ1) is 11.3. The summed E-state index contributed by atoms with van der Waals surface area (Å²) in [4.78, 5) is 12.6. The average Bonchev–Trinajstić information content (AvgIpc) is 2.81. The van der Waals surface area contributed by atoms with E-state index >= 15 is 0 Å². The molecular weight excluding hydrogens is 300 g/mol. The number of Topliss-reactive ketones (excluding diaryl/α,β-unsaturated/α-hetero) is 1. The Morgan fingerprint density at radius 2 is 1.83 bits per heavy atom. The largest absolute Gasteiger partial charge is 0.390 e. The van der Waals surface area contributed by atoms with Crippen LogP contribution >= 0.6 is 0 Å². The lowest BCUT2D eigenvalue weighted by atomic mass is 9.47. The zero-order valence-corrected chi connectivity index (χ0v) is 15.1. The fourth-order valence-corrected chi connectivity index (χ4v) is 6.87. The summed E-state index contributed by atoms with van der Waals surface area (Å²) in [6, 6.07) is 0. The molecular formula is C21H30O3. The minimum atomic E-state index is -0.700. The number of carbonyl (C=O) groups is 1. The van der Waals surface area contributed by atoms with Crippen molar-refractivity contribution in [1.82, 2.24) is 0 Å². The van der Waals surface area contributed by atoms with Crippen molar-refractivity contribution < 1.29 is 15.0 Å². The lowest BCUT2D eigenvalue weighted by Crippen LogP contribution is -2.53. The molecule has 0 aromatic heterocycles. The summed E-state index contributed by atoms with van der Waals surface area (Å²) in [5.74, 6) is 1.85. The molecule has 0 spiro atoms. The number of fused-ring (bicyclic) bond motifs is 5. The highest BCUT2D eigenvalue weighted by Gasteiger charge is 2.60. The number of aliphatic hydroxyl groups is 2. The summed E-state index contributed by atoms with van der Waals surface area (Å²) in [6.07, 6.45) is 8.42. The lowest BCUT2D eigenvalue weighted by molar-refractivity contribution is -0.115. The van der Waals surface area contributed by atoms with Crippen LogP contribution in [0.25, 0.3) is 0 Å². The van der Waals surface area contributed by atoms with Gasteiger partial charge >= 0.3 is 0 Å². The van der Waals surface area contributed by atoms with E-state index in [1.807, 2.05) is 6.92 Å². The number of allylic oxidation sites excluding steroid dienone is 3.